The Morgan fingerprint density at radius 3 is 2.62 bits per heavy atom. The predicted molar refractivity (Wildman–Crippen MR) is 141 cm³/mol. The Balaban J connectivity index is 1.76. The van der Waals surface area contributed by atoms with Crippen LogP contribution in [0.4, 0.5) is 0 Å². The molecule has 5 aromatic rings. The van der Waals surface area contributed by atoms with E-state index in [4.69, 9.17) is 26.3 Å². The summed E-state index contributed by atoms with van der Waals surface area (Å²) in [5.74, 6) is -3.33. The third-order valence-electron chi connectivity index (χ3n) is 6.82. The number of benzene rings is 3. The van der Waals surface area contributed by atoms with E-state index in [9.17, 15) is 0 Å². The lowest BCUT2D eigenvalue weighted by Crippen LogP contribution is -2.32. The number of furan rings is 1. The van der Waals surface area contributed by atoms with Gasteiger partial charge in [0.15, 0.2) is 6.20 Å². The van der Waals surface area contributed by atoms with Crippen LogP contribution in [0.2, 0.25) is 0 Å². The molecular weight excluding hydrogens is 414 g/mol. The Morgan fingerprint density at radius 1 is 0.971 bits per heavy atom. The first-order chi connectivity index (χ1) is 22.7. The first-order valence-electron chi connectivity index (χ1n) is 18.9. The predicted octanol–water partition coefficient (Wildman–Crippen LogP) is 8.12. The topological polar surface area (TPSA) is 17.0 Å². The van der Waals surface area contributed by atoms with Gasteiger partial charge in [-0.2, -0.15) is 0 Å². The zero-order valence-corrected chi connectivity index (χ0v) is 18.6. The number of aromatic nitrogens is 1. The molecule has 0 saturated carbocycles. The van der Waals surface area contributed by atoms with Gasteiger partial charge in [0.05, 0.1) is 5.56 Å². The minimum Gasteiger partial charge on any atom is -0.455 e. The summed E-state index contributed by atoms with van der Waals surface area (Å²) in [6, 6.07) is 14.0. The molecule has 0 N–H and O–H groups in total. The molecule has 0 spiro atoms. The second kappa shape index (κ2) is 7.06. The lowest BCUT2D eigenvalue weighted by atomic mass is 9.82. The molecule has 0 atom stereocenters. The standard InChI is InChI=1S/C32H32NO/c1-18(2)23-16-26(33(7)17-20(23)4)28-19(3)12-13-22-30-27(34-31(22)28)15-14-25-29(30)21-10-8-9-11-24(21)32(25,5)6/h8-18H,1-7H3/q+1/i1D3,2D3,4D3,5D3,6D3,18D. The number of nitrogens with zero attached hydrogens (tertiary/aromatic N) is 1. The van der Waals surface area contributed by atoms with Crippen molar-refractivity contribution >= 4 is 21.9 Å². The van der Waals surface area contributed by atoms with E-state index in [1.807, 2.05) is 0 Å². The van der Waals surface area contributed by atoms with Crippen molar-refractivity contribution in [3.63, 3.8) is 0 Å². The molecule has 2 aromatic heterocycles. The molecule has 1 aliphatic rings. The van der Waals surface area contributed by atoms with Crippen LogP contribution in [-0.2, 0) is 12.5 Å². The molecule has 34 heavy (non-hydrogen) atoms. The fourth-order valence-corrected chi connectivity index (χ4v) is 5.22. The van der Waals surface area contributed by atoms with E-state index >= 15 is 0 Å². The molecule has 3 aromatic carbocycles. The van der Waals surface area contributed by atoms with Crippen molar-refractivity contribution in [3.05, 3.63) is 88.6 Å². The van der Waals surface area contributed by atoms with Crippen LogP contribution in [0.1, 0.15) is 83.1 Å². The third-order valence-corrected chi connectivity index (χ3v) is 6.82. The Hall–Kier alpha value is -3.39. The maximum Gasteiger partial charge on any atom is 0.216 e. The van der Waals surface area contributed by atoms with Gasteiger partial charge in [-0.3, -0.25) is 0 Å². The van der Waals surface area contributed by atoms with Crippen LogP contribution >= 0.6 is 0 Å². The van der Waals surface area contributed by atoms with Crippen LogP contribution in [0, 0.1) is 13.8 Å². The minimum atomic E-state index is -3.47. The van der Waals surface area contributed by atoms with Crippen molar-refractivity contribution in [2.75, 3.05) is 0 Å². The SMILES string of the molecule is [2H]C([2H])([2H])c1c[n+](C)c(-c2c(C)ccc3c2oc2ccc4c(c23)-c2ccccc2C4(C([2H])([2H])[2H])C([2H])([2H])[2H])cc1C([2H])(C([2H])([2H])[2H])C([2H])([2H])[2H]. The minimum absolute atomic E-state index is 0.0836. The van der Waals surface area contributed by atoms with Crippen molar-refractivity contribution in [2.45, 2.75) is 52.5 Å². The number of aryl methyl sites for hydroxylation is 3. The molecule has 1 aliphatic carbocycles. The zero-order valence-electron chi connectivity index (χ0n) is 34.6. The number of hydrogen-bond donors (Lipinski definition) is 0. The average molecular weight is 463 g/mol. The van der Waals surface area contributed by atoms with Crippen LogP contribution in [-0.4, -0.2) is 0 Å². The summed E-state index contributed by atoms with van der Waals surface area (Å²) in [4.78, 5) is 0. The summed E-state index contributed by atoms with van der Waals surface area (Å²) < 4.78 is 141. The van der Waals surface area contributed by atoms with E-state index in [-0.39, 0.29) is 28.0 Å². The Labute approximate surface area is 224 Å². The fourth-order valence-electron chi connectivity index (χ4n) is 5.22. The van der Waals surface area contributed by atoms with E-state index in [0.717, 1.165) is 12.3 Å². The Morgan fingerprint density at radius 2 is 1.82 bits per heavy atom. The Bertz CT molecular complexity index is 2170. The fraction of sp³-hybridized carbons (Fsp3) is 0.281. The summed E-state index contributed by atoms with van der Waals surface area (Å²) in [7, 11) is 1.50. The van der Waals surface area contributed by atoms with Crippen LogP contribution < -0.4 is 4.57 Å². The molecule has 0 saturated heterocycles. The van der Waals surface area contributed by atoms with Crippen molar-refractivity contribution in [2.24, 2.45) is 7.05 Å². The van der Waals surface area contributed by atoms with Gasteiger partial charge >= 0.3 is 0 Å². The summed E-state index contributed by atoms with van der Waals surface area (Å²) in [6.07, 6.45) is 1.11. The molecular formula is C32H32NO+. The van der Waals surface area contributed by atoms with Crippen molar-refractivity contribution in [3.8, 4) is 22.4 Å². The third kappa shape index (κ3) is 2.72. The highest BCUT2D eigenvalue weighted by molar-refractivity contribution is 6.17. The monoisotopic (exact) mass is 462 g/mol. The van der Waals surface area contributed by atoms with Crippen LogP contribution in [0.15, 0.2) is 65.2 Å². The van der Waals surface area contributed by atoms with Crippen LogP contribution in [0.25, 0.3) is 44.3 Å². The second-order valence-corrected chi connectivity index (χ2v) is 8.86. The van der Waals surface area contributed by atoms with Gasteiger partial charge < -0.3 is 4.42 Å². The van der Waals surface area contributed by atoms with Gasteiger partial charge in [-0.05, 0) is 59.1 Å². The summed E-state index contributed by atoms with van der Waals surface area (Å²) >= 11 is 0. The van der Waals surface area contributed by atoms with E-state index in [2.05, 4.69) is 0 Å². The van der Waals surface area contributed by atoms with Gasteiger partial charge in [0.1, 0.15) is 18.2 Å². The zero-order chi connectivity index (χ0) is 37.4. The first kappa shape index (κ1) is 10.1. The maximum absolute atomic E-state index is 8.91. The molecule has 2 heteroatoms. The summed E-state index contributed by atoms with van der Waals surface area (Å²) in [5, 5.41) is 0.882. The molecule has 2 nitrogen and oxygen atoms in total. The van der Waals surface area contributed by atoms with E-state index in [0.29, 0.717) is 33.0 Å². The Kier molecular flexibility index (Phi) is 2.09. The number of fused-ring (bicyclic) bond motifs is 7. The lowest BCUT2D eigenvalue weighted by molar-refractivity contribution is -0.660. The van der Waals surface area contributed by atoms with E-state index < -0.39 is 56.7 Å². The number of pyridine rings is 1. The molecule has 2 heterocycles. The maximum atomic E-state index is 8.91. The summed E-state index contributed by atoms with van der Waals surface area (Å²) in [6.45, 7) is -14.2. The molecule has 0 radical (unpaired) electrons. The molecule has 6 rings (SSSR count). The van der Waals surface area contributed by atoms with Crippen LogP contribution in [0.3, 0.4) is 0 Å². The van der Waals surface area contributed by atoms with Crippen molar-refractivity contribution < 1.29 is 30.9 Å². The van der Waals surface area contributed by atoms with Gasteiger partial charge in [-0.25, -0.2) is 4.57 Å². The summed E-state index contributed by atoms with van der Waals surface area (Å²) in [5.41, 5.74) is -1.14. The molecule has 0 bridgehead atoms. The van der Waals surface area contributed by atoms with Gasteiger partial charge in [-0.1, -0.05) is 69.9 Å². The lowest BCUT2D eigenvalue weighted by Gasteiger charge is -2.21. The van der Waals surface area contributed by atoms with Gasteiger partial charge in [0.25, 0.3) is 0 Å². The van der Waals surface area contributed by atoms with Gasteiger partial charge in [0.2, 0.25) is 5.69 Å². The van der Waals surface area contributed by atoms with Gasteiger partial charge in [0, 0.05) is 49.7 Å². The highest BCUT2D eigenvalue weighted by atomic mass is 16.3. The van der Waals surface area contributed by atoms with E-state index in [1.54, 1.807) is 37.3 Å². The molecule has 0 fully saturated rings. The average Bonchev–Trinajstić information content (AvgIpc) is 3.48. The van der Waals surface area contributed by atoms with Crippen molar-refractivity contribution in [1.29, 1.82) is 0 Å². The highest BCUT2D eigenvalue weighted by Gasteiger charge is 2.37. The normalized spacial score (nSPS) is 23.4. The molecule has 0 amide bonds. The number of rotatable bonds is 2. The molecule has 0 unspecified atom stereocenters. The van der Waals surface area contributed by atoms with Crippen molar-refractivity contribution in [1.82, 2.24) is 0 Å². The smallest absolute Gasteiger partial charge is 0.216 e. The van der Waals surface area contributed by atoms with Crippen LogP contribution in [0.5, 0.6) is 0 Å². The van der Waals surface area contributed by atoms with E-state index in [1.165, 1.54) is 29.8 Å². The molecule has 170 valence electrons. The highest BCUT2D eigenvalue weighted by Crippen LogP contribution is 2.53. The second-order valence-electron chi connectivity index (χ2n) is 8.86. The quantitative estimate of drug-likeness (QED) is 0.242. The molecule has 0 aliphatic heterocycles. The number of hydrogen-bond acceptors (Lipinski definition) is 1. The van der Waals surface area contributed by atoms with Gasteiger partial charge in [-0.15, -0.1) is 0 Å². The largest absolute Gasteiger partial charge is 0.455 e. The first-order valence-corrected chi connectivity index (χ1v) is 10.9.